The normalized spacial score (nSPS) is 14.2. The smallest absolute Gasteiger partial charge is 0.325 e. The summed E-state index contributed by atoms with van der Waals surface area (Å²) >= 11 is 9.23. The lowest BCUT2D eigenvalue weighted by molar-refractivity contribution is -0.116. The van der Waals surface area contributed by atoms with Gasteiger partial charge < -0.3 is 10.2 Å². The van der Waals surface area contributed by atoms with E-state index in [2.05, 4.69) is 21.2 Å². The molecule has 2 aromatic rings. The molecule has 0 aliphatic carbocycles. The predicted octanol–water partition coefficient (Wildman–Crippen LogP) is 3.98. The first-order valence-corrected chi connectivity index (χ1v) is 8.57. The quantitative estimate of drug-likeness (QED) is 0.832. The van der Waals surface area contributed by atoms with Gasteiger partial charge in [0, 0.05) is 34.0 Å². The van der Waals surface area contributed by atoms with Gasteiger partial charge in [-0.25, -0.2) is 4.79 Å². The Balaban J connectivity index is 1.61. The summed E-state index contributed by atoms with van der Waals surface area (Å²) in [5.41, 5.74) is 1.47. The third-order valence-electron chi connectivity index (χ3n) is 3.68. The van der Waals surface area contributed by atoms with Crippen molar-refractivity contribution in [3.8, 4) is 0 Å². The first kappa shape index (κ1) is 16.8. The summed E-state index contributed by atoms with van der Waals surface area (Å²) < 4.78 is 0.881. The number of amides is 3. The SMILES string of the molecule is O=C(CN1CCN(c2ccc(Cl)cc2)C1=O)Nc1cccc(Br)c1. The van der Waals surface area contributed by atoms with Crippen LogP contribution in [0.1, 0.15) is 0 Å². The van der Waals surface area contributed by atoms with Gasteiger partial charge in [-0.1, -0.05) is 33.6 Å². The molecule has 1 aliphatic heterocycles. The number of carbonyl (C=O) groups is 2. The van der Waals surface area contributed by atoms with Gasteiger partial charge in [0.25, 0.3) is 0 Å². The molecule has 5 nitrogen and oxygen atoms in total. The van der Waals surface area contributed by atoms with Crippen LogP contribution in [-0.4, -0.2) is 36.5 Å². The second-order valence-electron chi connectivity index (χ2n) is 5.39. The Labute approximate surface area is 153 Å². The maximum absolute atomic E-state index is 12.5. The molecule has 1 N–H and O–H groups in total. The topological polar surface area (TPSA) is 52.7 Å². The van der Waals surface area contributed by atoms with Gasteiger partial charge in [0.15, 0.2) is 0 Å². The van der Waals surface area contributed by atoms with Gasteiger partial charge in [-0.3, -0.25) is 9.69 Å². The fourth-order valence-electron chi connectivity index (χ4n) is 2.53. The molecule has 1 heterocycles. The van der Waals surface area contributed by atoms with E-state index in [0.717, 1.165) is 10.2 Å². The minimum Gasteiger partial charge on any atom is -0.325 e. The van der Waals surface area contributed by atoms with Crippen molar-refractivity contribution >= 4 is 50.8 Å². The summed E-state index contributed by atoms with van der Waals surface area (Å²) in [5.74, 6) is -0.223. The molecule has 24 heavy (non-hydrogen) atoms. The van der Waals surface area contributed by atoms with Crippen LogP contribution in [0.2, 0.25) is 5.02 Å². The molecule has 1 saturated heterocycles. The summed E-state index contributed by atoms with van der Waals surface area (Å²) in [6.45, 7) is 1.08. The van der Waals surface area contributed by atoms with Gasteiger partial charge in [-0.05, 0) is 42.5 Å². The number of benzene rings is 2. The molecule has 3 amide bonds. The van der Waals surface area contributed by atoms with Crippen molar-refractivity contribution in [3.63, 3.8) is 0 Å². The maximum Gasteiger partial charge on any atom is 0.325 e. The summed E-state index contributed by atoms with van der Waals surface area (Å²) in [6, 6.07) is 14.2. The highest BCUT2D eigenvalue weighted by Crippen LogP contribution is 2.22. The highest BCUT2D eigenvalue weighted by Gasteiger charge is 2.30. The van der Waals surface area contributed by atoms with E-state index in [1.165, 1.54) is 4.90 Å². The molecular formula is C17H15BrClN3O2. The number of carbonyl (C=O) groups excluding carboxylic acids is 2. The third kappa shape index (κ3) is 3.88. The second-order valence-corrected chi connectivity index (χ2v) is 6.74. The summed E-state index contributed by atoms with van der Waals surface area (Å²) in [7, 11) is 0. The molecule has 2 aromatic carbocycles. The van der Waals surface area contributed by atoms with E-state index in [-0.39, 0.29) is 18.5 Å². The van der Waals surface area contributed by atoms with Gasteiger partial charge in [0.1, 0.15) is 6.54 Å². The van der Waals surface area contributed by atoms with Crippen LogP contribution >= 0.6 is 27.5 Å². The average Bonchev–Trinajstić information content (AvgIpc) is 2.89. The summed E-state index contributed by atoms with van der Waals surface area (Å²) in [5, 5.41) is 3.41. The summed E-state index contributed by atoms with van der Waals surface area (Å²) in [4.78, 5) is 27.8. The minimum atomic E-state index is -0.223. The Bertz CT molecular complexity index is 767. The van der Waals surface area contributed by atoms with Crippen LogP contribution < -0.4 is 10.2 Å². The van der Waals surface area contributed by atoms with Gasteiger partial charge >= 0.3 is 6.03 Å². The van der Waals surface area contributed by atoms with E-state index in [1.807, 2.05) is 18.2 Å². The lowest BCUT2D eigenvalue weighted by atomic mass is 10.3. The van der Waals surface area contributed by atoms with E-state index >= 15 is 0 Å². The number of rotatable bonds is 4. The number of halogens is 2. The van der Waals surface area contributed by atoms with E-state index in [0.29, 0.717) is 23.8 Å². The number of hydrogen-bond acceptors (Lipinski definition) is 2. The monoisotopic (exact) mass is 407 g/mol. The fourth-order valence-corrected chi connectivity index (χ4v) is 3.06. The largest absolute Gasteiger partial charge is 0.325 e. The molecule has 1 fully saturated rings. The highest BCUT2D eigenvalue weighted by molar-refractivity contribution is 9.10. The van der Waals surface area contributed by atoms with Crippen LogP contribution in [-0.2, 0) is 4.79 Å². The molecule has 0 bridgehead atoms. The van der Waals surface area contributed by atoms with Gasteiger partial charge in [0.05, 0.1) is 0 Å². The Morgan fingerprint density at radius 3 is 2.62 bits per heavy atom. The molecule has 7 heteroatoms. The van der Waals surface area contributed by atoms with Crippen molar-refractivity contribution in [1.29, 1.82) is 0 Å². The van der Waals surface area contributed by atoms with E-state index in [1.54, 1.807) is 35.2 Å². The molecule has 0 aromatic heterocycles. The zero-order chi connectivity index (χ0) is 17.1. The van der Waals surface area contributed by atoms with Crippen LogP contribution in [0.25, 0.3) is 0 Å². The van der Waals surface area contributed by atoms with Crippen LogP contribution in [0.5, 0.6) is 0 Å². The fraction of sp³-hybridized carbons (Fsp3) is 0.176. The van der Waals surface area contributed by atoms with Crippen molar-refractivity contribution in [2.75, 3.05) is 29.9 Å². The molecule has 0 spiro atoms. The van der Waals surface area contributed by atoms with E-state index in [9.17, 15) is 9.59 Å². The van der Waals surface area contributed by atoms with Crippen molar-refractivity contribution in [3.05, 3.63) is 58.0 Å². The molecule has 0 unspecified atom stereocenters. The van der Waals surface area contributed by atoms with Crippen molar-refractivity contribution in [1.82, 2.24) is 4.90 Å². The average molecular weight is 409 g/mol. The summed E-state index contributed by atoms with van der Waals surface area (Å²) in [6.07, 6.45) is 0. The zero-order valence-corrected chi connectivity index (χ0v) is 15.0. The number of nitrogens with zero attached hydrogens (tertiary/aromatic N) is 2. The zero-order valence-electron chi connectivity index (χ0n) is 12.7. The Morgan fingerprint density at radius 1 is 1.17 bits per heavy atom. The maximum atomic E-state index is 12.5. The van der Waals surface area contributed by atoms with Crippen molar-refractivity contribution in [2.45, 2.75) is 0 Å². The highest BCUT2D eigenvalue weighted by atomic mass is 79.9. The number of anilines is 2. The molecule has 0 radical (unpaired) electrons. The van der Waals surface area contributed by atoms with Crippen LogP contribution in [0.3, 0.4) is 0 Å². The molecule has 0 atom stereocenters. The molecule has 124 valence electrons. The van der Waals surface area contributed by atoms with Crippen LogP contribution in [0, 0.1) is 0 Å². The number of urea groups is 1. The third-order valence-corrected chi connectivity index (χ3v) is 4.42. The predicted molar refractivity (Wildman–Crippen MR) is 98.5 cm³/mol. The van der Waals surface area contributed by atoms with Crippen LogP contribution in [0.4, 0.5) is 16.2 Å². The molecule has 3 rings (SSSR count). The van der Waals surface area contributed by atoms with Gasteiger partial charge in [-0.15, -0.1) is 0 Å². The van der Waals surface area contributed by atoms with Gasteiger partial charge in [0.2, 0.25) is 5.91 Å². The lowest BCUT2D eigenvalue weighted by Crippen LogP contribution is -2.37. The van der Waals surface area contributed by atoms with Crippen molar-refractivity contribution < 1.29 is 9.59 Å². The van der Waals surface area contributed by atoms with E-state index in [4.69, 9.17) is 11.6 Å². The second kappa shape index (κ2) is 7.23. The van der Waals surface area contributed by atoms with Crippen molar-refractivity contribution in [2.24, 2.45) is 0 Å². The lowest BCUT2D eigenvalue weighted by Gasteiger charge is -2.18. The Kier molecular flexibility index (Phi) is 5.06. The minimum absolute atomic E-state index is 0.0233. The van der Waals surface area contributed by atoms with E-state index < -0.39 is 0 Å². The molecular weight excluding hydrogens is 394 g/mol. The standard InChI is InChI=1S/C17H15BrClN3O2/c18-12-2-1-3-14(10-12)20-16(23)11-21-8-9-22(17(21)24)15-6-4-13(19)5-7-15/h1-7,10H,8-9,11H2,(H,20,23). The first-order valence-electron chi connectivity index (χ1n) is 7.40. The molecule has 1 aliphatic rings. The number of nitrogens with one attached hydrogen (secondary N) is 1. The Hall–Kier alpha value is -2.05. The first-order chi connectivity index (χ1) is 11.5. The van der Waals surface area contributed by atoms with Gasteiger partial charge in [-0.2, -0.15) is 0 Å². The van der Waals surface area contributed by atoms with Crippen LogP contribution in [0.15, 0.2) is 53.0 Å². The molecule has 0 saturated carbocycles. The Morgan fingerprint density at radius 2 is 1.92 bits per heavy atom. The number of hydrogen-bond donors (Lipinski definition) is 1.